The van der Waals surface area contributed by atoms with Crippen molar-refractivity contribution in [1.29, 1.82) is 0 Å². The Morgan fingerprint density at radius 2 is 2.30 bits per heavy atom. The second kappa shape index (κ2) is 4.03. The van der Waals surface area contributed by atoms with Crippen LogP contribution in [0.2, 0.25) is 0 Å². The van der Waals surface area contributed by atoms with Gasteiger partial charge in [-0.05, 0) is 6.42 Å². The first-order valence-electron chi connectivity index (χ1n) is 2.87. The minimum Gasteiger partial charge on any atom is -0.480 e. The minimum atomic E-state index is -1.21. The molecule has 0 aromatic heterocycles. The Morgan fingerprint density at radius 1 is 1.80 bits per heavy atom. The quantitative estimate of drug-likeness (QED) is 0.458. The largest absolute Gasteiger partial charge is 0.480 e. The molecule has 4 N–H and O–H groups in total. The molecule has 0 aromatic rings. The summed E-state index contributed by atoms with van der Waals surface area (Å²) in [5.74, 6) is -1.20. The van der Waals surface area contributed by atoms with E-state index in [-0.39, 0.29) is 6.42 Å². The number of hydrogen-bond donors (Lipinski definition) is 3. The van der Waals surface area contributed by atoms with Crippen molar-refractivity contribution in [2.75, 3.05) is 0 Å². The highest BCUT2D eigenvalue weighted by molar-refractivity contribution is 5.73. The maximum absolute atomic E-state index is 10.1. The molecule has 0 spiro atoms. The molecule has 0 saturated heterocycles. The fourth-order valence-electron chi connectivity index (χ4n) is 0.482. The van der Waals surface area contributed by atoms with Crippen LogP contribution in [0.1, 0.15) is 6.42 Å². The fourth-order valence-corrected chi connectivity index (χ4v) is 0.482. The van der Waals surface area contributed by atoms with E-state index in [4.69, 9.17) is 15.9 Å². The van der Waals surface area contributed by atoms with Crippen LogP contribution in [-0.2, 0) is 4.79 Å². The number of carboxylic acid groups (broad SMARTS) is 1. The van der Waals surface area contributed by atoms with Crippen LogP contribution in [0, 0.1) is 0 Å². The lowest BCUT2D eigenvalue weighted by Gasteiger charge is -2.11. The Hall–Kier alpha value is -0.870. The fraction of sp³-hybridized carbons (Fsp3) is 0.500. The standard InChI is InChI=1S/C6H11NO3/c1-2-3-4(8)5(7)6(9)10/h2,4-5,8H,1,3,7H2,(H,9,10)/t4-,5-/m1/s1. The van der Waals surface area contributed by atoms with Crippen molar-refractivity contribution in [2.24, 2.45) is 5.73 Å². The van der Waals surface area contributed by atoms with Crippen LogP contribution >= 0.6 is 0 Å². The topological polar surface area (TPSA) is 83.5 Å². The van der Waals surface area contributed by atoms with Gasteiger partial charge in [0.25, 0.3) is 0 Å². The lowest BCUT2D eigenvalue weighted by molar-refractivity contribution is -0.141. The van der Waals surface area contributed by atoms with E-state index in [1.54, 1.807) is 0 Å². The van der Waals surface area contributed by atoms with Gasteiger partial charge in [0.1, 0.15) is 6.04 Å². The summed E-state index contributed by atoms with van der Waals surface area (Å²) in [5, 5.41) is 17.2. The SMILES string of the molecule is C=CC[C@@H](O)[C@@H](N)C(=O)O. The van der Waals surface area contributed by atoms with Gasteiger partial charge in [0.15, 0.2) is 0 Å². The second-order valence-corrected chi connectivity index (χ2v) is 1.96. The van der Waals surface area contributed by atoms with E-state index in [9.17, 15) is 4.79 Å². The third kappa shape index (κ3) is 2.61. The predicted octanol–water partition coefficient (Wildman–Crippen LogP) is -0.665. The zero-order valence-corrected chi connectivity index (χ0v) is 5.53. The molecule has 4 nitrogen and oxygen atoms in total. The van der Waals surface area contributed by atoms with E-state index < -0.39 is 18.1 Å². The van der Waals surface area contributed by atoms with Crippen molar-refractivity contribution < 1.29 is 15.0 Å². The summed E-state index contributed by atoms with van der Waals surface area (Å²) >= 11 is 0. The summed E-state index contributed by atoms with van der Waals surface area (Å²) < 4.78 is 0. The van der Waals surface area contributed by atoms with E-state index >= 15 is 0 Å². The zero-order valence-electron chi connectivity index (χ0n) is 5.53. The van der Waals surface area contributed by atoms with Gasteiger partial charge in [-0.3, -0.25) is 4.79 Å². The number of rotatable bonds is 4. The van der Waals surface area contributed by atoms with Crippen molar-refractivity contribution in [3.8, 4) is 0 Å². The van der Waals surface area contributed by atoms with E-state index in [1.807, 2.05) is 0 Å². The average Bonchev–Trinajstić information content (AvgIpc) is 1.87. The van der Waals surface area contributed by atoms with E-state index in [0.29, 0.717) is 0 Å². The predicted molar refractivity (Wildman–Crippen MR) is 36.4 cm³/mol. The number of aliphatic carboxylic acids is 1. The molecule has 58 valence electrons. The maximum atomic E-state index is 10.1. The third-order valence-corrected chi connectivity index (χ3v) is 1.11. The Labute approximate surface area is 59.0 Å². The van der Waals surface area contributed by atoms with Gasteiger partial charge in [0.2, 0.25) is 0 Å². The number of carboxylic acids is 1. The lowest BCUT2D eigenvalue weighted by Crippen LogP contribution is -2.41. The van der Waals surface area contributed by atoms with Crippen molar-refractivity contribution in [2.45, 2.75) is 18.6 Å². The zero-order chi connectivity index (χ0) is 8.15. The van der Waals surface area contributed by atoms with E-state index in [0.717, 1.165) is 0 Å². The second-order valence-electron chi connectivity index (χ2n) is 1.96. The molecule has 0 amide bonds. The Balaban J connectivity index is 3.80. The molecule has 10 heavy (non-hydrogen) atoms. The van der Waals surface area contributed by atoms with Gasteiger partial charge in [-0.2, -0.15) is 0 Å². The van der Waals surface area contributed by atoms with Crippen molar-refractivity contribution in [1.82, 2.24) is 0 Å². The van der Waals surface area contributed by atoms with Crippen molar-refractivity contribution in [3.05, 3.63) is 12.7 Å². The number of hydrogen-bond acceptors (Lipinski definition) is 3. The highest BCUT2D eigenvalue weighted by Crippen LogP contribution is 1.96. The highest BCUT2D eigenvalue weighted by atomic mass is 16.4. The number of aliphatic hydroxyl groups excluding tert-OH is 1. The van der Waals surface area contributed by atoms with Gasteiger partial charge in [0, 0.05) is 0 Å². The van der Waals surface area contributed by atoms with Crippen molar-refractivity contribution >= 4 is 5.97 Å². The van der Waals surface area contributed by atoms with Crippen LogP contribution in [0.25, 0.3) is 0 Å². The smallest absolute Gasteiger partial charge is 0.323 e. The minimum absolute atomic E-state index is 0.202. The number of aliphatic hydroxyl groups is 1. The first-order chi connectivity index (χ1) is 4.59. The van der Waals surface area contributed by atoms with Gasteiger partial charge < -0.3 is 15.9 Å². The van der Waals surface area contributed by atoms with Crippen LogP contribution < -0.4 is 5.73 Å². The summed E-state index contributed by atoms with van der Waals surface area (Å²) in [6, 6.07) is -1.21. The molecule has 0 aliphatic heterocycles. The molecule has 0 heterocycles. The molecule has 0 saturated carbocycles. The van der Waals surface area contributed by atoms with Gasteiger partial charge >= 0.3 is 5.97 Å². The van der Waals surface area contributed by atoms with Crippen LogP contribution in [-0.4, -0.2) is 28.3 Å². The van der Waals surface area contributed by atoms with Crippen LogP contribution in [0.3, 0.4) is 0 Å². The van der Waals surface area contributed by atoms with Gasteiger partial charge in [0.05, 0.1) is 6.10 Å². The molecule has 0 aliphatic rings. The van der Waals surface area contributed by atoms with Gasteiger partial charge in [-0.25, -0.2) is 0 Å². The molecule has 4 heteroatoms. The summed E-state index contributed by atoms with van der Waals surface area (Å²) in [5.41, 5.74) is 5.05. The van der Waals surface area contributed by atoms with E-state index in [1.165, 1.54) is 6.08 Å². The Bertz CT molecular complexity index is 135. The molecule has 0 fully saturated rings. The summed E-state index contributed by atoms with van der Waals surface area (Å²) in [6.45, 7) is 3.33. The number of nitrogens with two attached hydrogens (primary N) is 1. The molecular weight excluding hydrogens is 134 g/mol. The van der Waals surface area contributed by atoms with Gasteiger partial charge in [-0.15, -0.1) is 6.58 Å². The highest BCUT2D eigenvalue weighted by Gasteiger charge is 2.19. The molecule has 0 radical (unpaired) electrons. The Kier molecular flexibility index (Phi) is 3.68. The van der Waals surface area contributed by atoms with Crippen molar-refractivity contribution in [3.63, 3.8) is 0 Å². The molecule has 0 aromatic carbocycles. The first kappa shape index (κ1) is 9.13. The van der Waals surface area contributed by atoms with Crippen LogP contribution in [0.4, 0.5) is 0 Å². The Morgan fingerprint density at radius 3 is 2.60 bits per heavy atom. The van der Waals surface area contributed by atoms with Gasteiger partial charge in [-0.1, -0.05) is 6.08 Å². The summed E-state index contributed by atoms with van der Waals surface area (Å²) in [6.07, 6.45) is 0.594. The molecule has 0 rings (SSSR count). The lowest BCUT2D eigenvalue weighted by atomic mass is 10.1. The summed E-state index contributed by atoms with van der Waals surface area (Å²) in [7, 11) is 0. The third-order valence-electron chi connectivity index (χ3n) is 1.11. The molecule has 0 unspecified atom stereocenters. The first-order valence-corrected chi connectivity index (χ1v) is 2.87. The van der Waals surface area contributed by atoms with Crippen LogP contribution in [0.5, 0.6) is 0 Å². The average molecular weight is 145 g/mol. The molecule has 2 atom stereocenters. The maximum Gasteiger partial charge on any atom is 0.323 e. The molecule has 0 bridgehead atoms. The summed E-state index contributed by atoms with van der Waals surface area (Å²) in [4.78, 5) is 10.1. The monoisotopic (exact) mass is 145 g/mol. The normalized spacial score (nSPS) is 15.8. The molecule has 0 aliphatic carbocycles. The van der Waals surface area contributed by atoms with E-state index in [2.05, 4.69) is 6.58 Å². The van der Waals surface area contributed by atoms with Crippen LogP contribution in [0.15, 0.2) is 12.7 Å². The molecular formula is C6H11NO3. The number of carbonyl (C=O) groups is 1.